The summed E-state index contributed by atoms with van der Waals surface area (Å²) in [6.45, 7) is -0.828. The van der Waals surface area contributed by atoms with Crippen LogP contribution in [0.25, 0.3) is 0 Å². The quantitative estimate of drug-likeness (QED) is 0.800. The summed E-state index contributed by atoms with van der Waals surface area (Å²) >= 11 is 0. The molecule has 1 aromatic heterocycles. The molecule has 0 bridgehead atoms. The average molecular weight is 379 g/mol. The number of hydrogen-bond acceptors (Lipinski definition) is 7. The predicted molar refractivity (Wildman–Crippen MR) is 79.8 cm³/mol. The lowest BCUT2D eigenvalue weighted by molar-refractivity contribution is -0.307. The molecule has 0 spiro atoms. The summed E-state index contributed by atoms with van der Waals surface area (Å²) in [6, 6.07) is 7.47. The molecule has 3 rings (SSSR count). The van der Waals surface area contributed by atoms with Gasteiger partial charge in [0, 0.05) is 5.56 Å². The molecule has 0 radical (unpaired) electrons. The first kappa shape index (κ1) is 18.1. The van der Waals surface area contributed by atoms with Gasteiger partial charge in [0.2, 0.25) is 11.8 Å². The first-order valence-electron chi connectivity index (χ1n) is 7.38. The number of aliphatic carboxylic acids is 1. The number of carbonyl (C=O) groups excluding carboxylic acids is 1. The Kier molecular flexibility index (Phi) is 4.40. The standard InChI is InChI=1S/C16H11F3N4O4/c17-16(18,19)13-12-11(8(5-20)14(21)27-15(12)23-22-13)7-3-1-2-4-9(7)26-6-10(24)25/h1-4,11H,6,21H2,(H,22,23)(H,24,25)/p-1/t11-/m0/s1. The summed E-state index contributed by atoms with van der Waals surface area (Å²) in [5, 5.41) is 25.4. The van der Waals surface area contributed by atoms with E-state index in [9.17, 15) is 28.3 Å². The van der Waals surface area contributed by atoms with Gasteiger partial charge in [0.05, 0.1) is 17.5 Å². The highest BCUT2D eigenvalue weighted by atomic mass is 19.4. The number of carbonyl (C=O) groups is 1. The van der Waals surface area contributed by atoms with Crippen molar-refractivity contribution in [3.05, 3.63) is 52.5 Å². The van der Waals surface area contributed by atoms with Crippen LogP contribution in [0.2, 0.25) is 0 Å². The highest BCUT2D eigenvalue weighted by Gasteiger charge is 2.45. The third-order valence-electron chi connectivity index (χ3n) is 3.80. The number of ether oxygens (including phenoxy) is 2. The molecule has 11 heteroatoms. The number of nitrogens with zero attached hydrogens (tertiary/aromatic N) is 2. The van der Waals surface area contributed by atoms with Crippen molar-refractivity contribution in [2.24, 2.45) is 5.73 Å². The minimum Gasteiger partial charge on any atom is -0.546 e. The predicted octanol–water partition coefficient (Wildman–Crippen LogP) is 0.775. The van der Waals surface area contributed by atoms with Crippen molar-refractivity contribution in [3.8, 4) is 17.7 Å². The van der Waals surface area contributed by atoms with Gasteiger partial charge in [-0.05, 0) is 6.07 Å². The van der Waals surface area contributed by atoms with Gasteiger partial charge < -0.3 is 25.1 Å². The van der Waals surface area contributed by atoms with Crippen molar-refractivity contribution >= 4 is 5.97 Å². The largest absolute Gasteiger partial charge is 0.546 e. The SMILES string of the molecule is N#CC1=C(N)Oc2n[nH]c(C(F)(F)F)c2[C@H]1c1ccccc1OCC(=O)[O-]. The maximum atomic E-state index is 13.4. The third kappa shape index (κ3) is 3.24. The van der Waals surface area contributed by atoms with Gasteiger partial charge in [-0.1, -0.05) is 18.2 Å². The third-order valence-corrected chi connectivity index (χ3v) is 3.80. The van der Waals surface area contributed by atoms with E-state index in [1.165, 1.54) is 24.3 Å². The van der Waals surface area contributed by atoms with Crippen molar-refractivity contribution in [2.45, 2.75) is 12.1 Å². The van der Waals surface area contributed by atoms with Gasteiger partial charge in [-0.25, -0.2) is 0 Å². The van der Waals surface area contributed by atoms with Crippen LogP contribution in [0.5, 0.6) is 11.6 Å². The Morgan fingerprint density at radius 3 is 2.78 bits per heavy atom. The number of aromatic amines is 1. The first-order valence-corrected chi connectivity index (χ1v) is 7.38. The molecule has 2 heterocycles. The van der Waals surface area contributed by atoms with Gasteiger partial charge in [-0.15, -0.1) is 5.10 Å². The number of nitrogens with two attached hydrogens (primary N) is 1. The lowest BCUT2D eigenvalue weighted by Gasteiger charge is -2.26. The van der Waals surface area contributed by atoms with E-state index >= 15 is 0 Å². The zero-order valence-corrected chi connectivity index (χ0v) is 13.3. The number of carboxylic acids is 1. The number of nitrogens with one attached hydrogen (secondary N) is 1. The molecule has 0 amide bonds. The maximum absolute atomic E-state index is 13.4. The van der Waals surface area contributed by atoms with Gasteiger partial charge in [0.25, 0.3) is 0 Å². The molecule has 0 saturated carbocycles. The molecule has 1 aromatic carbocycles. The summed E-state index contributed by atoms with van der Waals surface area (Å²) < 4.78 is 50.4. The molecule has 1 aliphatic rings. The van der Waals surface area contributed by atoms with Crippen molar-refractivity contribution < 1.29 is 32.5 Å². The molecule has 0 saturated heterocycles. The number of carboxylic acid groups (broad SMARTS) is 1. The minimum absolute atomic E-state index is 0.0468. The fourth-order valence-corrected chi connectivity index (χ4v) is 2.76. The van der Waals surface area contributed by atoms with E-state index < -0.39 is 47.7 Å². The van der Waals surface area contributed by atoms with Crippen LogP contribution in [-0.4, -0.2) is 22.8 Å². The van der Waals surface area contributed by atoms with Gasteiger partial charge in [-0.3, -0.25) is 5.10 Å². The van der Waals surface area contributed by atoms with Gasteiger partial charge in [-0.2, -0.15) is 18.4 Å². The maximum Gasteiger partial charge on any atom is 0.433 e. The van der Waals surface area contributed by atoms with Gasteiger partial charge in [0.15, 0.2) is 0 Å². The molecule has 1 atom stereocenters. The van der Waals surface area contributed by atoms with E-state index in [4.69, 9.17) is 15.2 Å². The normalized spacial score (nSPS) is 16.3. The molecule has 0 aliphatic carbocycles. The Hall–Kier alpha value is -3.68. The highest BCUT2D eigenvalue weighted by molar-refractivity contribution is 5.66. The molecular formula is C16H10F3N4O4-. The smallest absolute Gasteiger partial charge is 0.433 e. The van der Waals surface area contributed by atoms with Crippen LogP contribution in [0, 0.1) is 11.3 Å². The minimum atomic E-state index is -4.81. The monoisotopic (exact) mass is 379 g/mol. The molecule has 140 valence electrons. The van der Waals surface area contributed by atoms with Crippen molar-refractivity contribution in [1.29, 1.82) is 5.26 Å². The number of alkyl halides is 3. The second-order valence-electron chi connectivity index (χ2n) is 5.44. The fourth-order valence-electron chi connectivity index (χ4n) is 2.76. The lowest BCUT2D eigenvalue weighted by atomic mass is 9.83. The number of halogens is 3. The zero-order valence-electron chi connectivity index (χ0n) is 13.3. The Bertz CT molecular complexity index is 975. The van der Waals surface area contributed by atoms with E-state index in [1.54, 1.807) is 6.07 Å². The number of benzene rings is 1. The zero-order chi connectivity index (χ0) is 19.8. The van der Waals surface area contributed by atoms with Gasteiger partial charge in [0.1, 0.15) is 29.7 Å². The Morgan fingerprint density at radius 2 is 2.15 bits per heavy atom. The van der Waals surface area contributed by atoms with E-state index in [0.717, 1.165) is 0 Å². The highest BCUT2D eigenvalue weighted by Crippen LogP contribution is 2.48. The van der Waals surface area contributed by atoms with Crippen LogP contribution < -0.4 is 20.3 Å². The Morgan fingerprint density at radius 1 is 1.44 bits per heavy atom. The number of fused-ring (bicyclic) bond motifs is 1. The van der Waals surface area contributed by atoms with E-state index in [0.29, 0.717) is 0 Å². The second kappa shape index (κ2) is 6.56. The Labute approximate surface area is 149 Å². The molecule has 1 aliphatic heterocycles. The summed E-state index contributed by atoms with van der Waals surface area (Å²) in [5.41, 5.74) is 3.82. The van der Waals surface area contributed by atoms with Crippen molar-refractivity contribution in [1.82, 2.24) is 10.2 Å². The number of aromatic nitrogens is 2. The molecule has 8 nitrogen and oxygen atoms in total. The first-order chi connectivity index (χ1) is 12.7. The number of rotatable bonds is 4. The molecule has 3 N–H and O–H groups in total. The summed E-state index contributed by atoms with van der Waals surface area (Å²) in [7, 11) is 0. The number of hydrogen-bond donors (Lipinski definition) is 2. The van der Waals surface area contributed by atoms with Crippen LogP contribution in [0.4, 0.5) is 13.2 Å². The molecular weight excluding hydrogens is 369 g/mol. The number of para-hydroxylation sites is 1. The van der Waals surface area contributed by atoms with Crippen LogP contribution in [0.3, 0.4) is 0 Å². The van der Waals surface area contributed by atoms with E-state index in [2.05, 4.69) is 5.10 Å². The number of H-pyrrole nitrogens is 1. The fraction of sp³-hybridized carbons (Fsp3) is 0.188. The number of allylic oxidation sites excluding steroid dienone is 1. The van der Waals surface area contributed by atoms with Crippen LogP contribution in [0.15, 0.2) is 35.7 Å². The second-order valence-corrected chi connectivity index (χ2v) is 5.44. The van der Waals surface area contributed by atoms with Gasteiger partial charge >= 0.3 is 6.18 Å². The molecule has 0 unspecified atom stereocenters. The number of nitriles is 1. The van der Waals surface area contributed by atoms with Crippen LogP contribution >= 0.6 is 0 Å². The average Bonchev–Trinajstić information content (AvgIpc) is 3.02. The van der Waals surface area contributed by atoms with Crippen LogP contribution in [-0.2, 0) is 11.0 Å². The topological polar surface area (TPSA) is 137 Å². The summed E-state index contributed by atoms with van der Waals surface area (Å²) in [4.78, 5) is 10.7. The van der Waals surface area contributed by atoms with E-state index in [-0.39, 0.29) is 16.9 Å². The molecule has 2 aromatic rings. The van der Waals surface area contributed by atoms with E-state index in [1.807, 2.05) is 5.10 Å². The summed E-state index contributed by atoms with van der Waals surface area (Å²) in [6.07, 6.45) is -4.81. The van der Waals surface area contributed by atoms with Crippen molar-refractivity contribution in [2.75, 3.05) is 6.61 Å². The molecule has 0 fully saturated rings. The molecule has 27 heavy (non-hydrogen) atoms. The van der Waals surface area contributed by atoms with Crippen molar-refractivity contribution in [3.63, 3.8) is 0 Å². The summed E-state index contributed by atoms with van der Waals surface area (Å²) in [5.74, 6) is -3.74. The van der Waals surface area contributed by atoms with Crippen LogP contribution in [0.1, 0.15) is 22.7 Å². The lowest BCUT2D eigenvalue weighted by Crippen LogP contribution is -2.29. The Balaban J connectivity index is 2.22.